The van der Waals surface area contributed by atoms with Crippen molar-refractivity contribution in [3.05, 3.63) is 121 Å². The van der Waals surface area contributed by atoms with Gasteiger partial charge in [0.15, 0.2) is 22.2 Å². The summed E-state index contributed by atoms with van der Waals surface area (Å²) in [7, 11) is 0. The summed E-state index contributed by atoms with van der Waals surface area (Å²) in [5.41, 5.74) is 5.47. The first-order valence-corrected chi connectivity index (χ1v) is 15.5. The Morgan fingerprint density at radius 3 is 1.49 bits per heavy atom. The molecule has 0 amide bonds. The maximum Gasteiger partial charge on any atom is 0.190 e. The Labute approximate surface area is 244 Å². The summed E-state index contributed by atoms with van der Waals surface area (Å²) in [6.07, 6.45) is -0.271. The summed E-state index contributed by atoms with van der Waals surface area (Å²) in [6.45, 7) is 3.67. The maximum absolute atomic E-state index is 13.6. The molecule has 2 atom stereocenters. The van der Waals surface area contributed by atoms with Crippen molar-refractivity contribution in [2.24, 2.45) is 0 Å². The first kappa shape index (κ1) is 27.2. The van der Waals surface area contributed by atoms with E-state index in [1.165, 1.54) is 0 Å². The number of hydrogen-bond acceptors (Lipinski definition) is 3. The summed E-state index contributed by atoms with van der Waals surface area (Å²) in [4.78, 5) is 0.720. The first-order valence-electron chi connectivity index (χ1n) is 13.4. The van der Waals surface area contributed by atoms with Crippen LogP contribution in [0, 0.1) is 0 Å². The molecular weight excluding hydrogens is 549 g/mol. The molecule has 0 aliphatic carbocycles. The fourth-order valence-corrected chi connectivity index (χ4v) is 6.85. The molecule has 6 rings (SSSR count). The van der Waals surface area contributed by atoms with Gasteiger partial charge in [-0.2, -0.15) is 0 Å². The van der Waals surface area contributed by atoms with Crippen LogP contribution < -0.4 is 0 Å². The van der Waals surface area contributed by atoms with Gasteiger partial charge in [-0.25, -0.2) is 8.42 Å². The number of fused-ring (bicyclic) bond motifs is 2. The maximum atomic E-state index is 13.6. The second-order valence-corrected chi connectivity index (χ2v) is 12.1. The number of hydrogen-bond donors (Lipinski definition) is 1. The molecule has 0 saturated carbocycles. The predicted octanol–water partition coefficient (Wildman–Crippen LogP) is 9.02. The Hall–Kier alpha value is -3.94. The van der Waals surface area contributed by atoms with Gasteiger partial charge in [-0.15, -0.1) is 0 Å². The van der Waals surface area contributed by atoms with E-state index in [9.17, 15) is 13.0 Å². The van der Waals surface area contributed by atoms with Crippen LogP contribution in [0.4, 0.5) is 0 Å². The molecule has 0 fully saturated rings. The second kappa shape index (κ2) is 11.5. The summed E-state index contributed by atoms with van der Waals surface area (Å²) in [6, 6.07) is 39.7. The molecule has 4 nitrogen and oxygen atoms in total. The lowest BCUT2D eigenvalue weighted by Gasteiger charge is -2.19. The Kier molecular flexibility index (Phi) is 7.65. The van der Waals surface area contributed by atoms with Crippen molar-refractivity contribution in [1.82, 2.24) is 0 Å². The van der Waals surface area contributed by atoms with Crippen LogP contribution in [0.25, 0.3) is 54.9 Å². The molecule has 0 aliphatic rings. The highest BCUT2D eigenvalue weighted by Crippen LogP contribution is 2.43. The topological polar surface area (TPSA) is 63.6 Å². The van der Waals surface area contributed by atoms with Crippen molar-refractivity contribution in [3.8, 4) is 33.4 Å². The van der Waals surface area contributed by atoms with Gasteiger partial charge < -0.3 is 4.55 Å². The summed E-state index contributed by atoms with van der Waals surface area (Å²) in [5.74, 6) is 0. The van der Waals surface area contributed by atoms with E-state index >= 15 is 0 Å². The molecular formula is C35H28O4S2. The largest absolute Gasteiger partial charge is 0.302 e. The van der Waals surface area contributed by atoms with Crippen LogP contribution in [0.3, 0.4) is 0 Å². The third-order valence-corrected chi connectivity index (χ3v) is 9.05. The molecule has 0 radical (unpaired) electrons. The molecule has 204 valence electrons. The molecule has 6 aromatic carbocycles. The van der Waals surface area contributed by atoms with Gasteiger partial charge in [0.25, 0.3) is 0 Å². The molecule has 6 aromatic rings. The van der Waals surface area contributed by atoms with Gasteiger partial charge >= 0.3 is 0 Å². The fraction of sp³-hybridized carbons (Fsp3) is 0.0857. The van der Waals surface area contributed by atoms with Crippen molar-refractivity contribution >= 4 is 43.7 Å². The molecule has 0 spiro atoms. The SMILES string of the molecule is CC(C)OS(=O)c1ccc2cc(-c3ccccc3)ccc2c1-c1c(S(=O)O)ccc2cc(-c3ccccc3)ccc12. The number of rotatable bonds is 7. The van der Waals surface area contributed by atoms with Crippen molar-refractivity contribution in [2.45, 2.75) is 29.7 Å². The van der Waals surface area contributed by atoms with Gasteiger partial charge in [-0.05, 0) is 81.9 Å². The Morgan fingerprint density at radius 2 is 1.02 bits per heavy atom. The van der Waals surface area contributed by atoms with Gasteiger partial charge in [-0.3, -0.25) is 4.18 Å². The van der Waals surface area contributed by atoms with Crippen molar-refractivity contribution in [3.63, 3.8) is 0 Å². The van der Waals surface area contributed by atoms with Gasteiger partial charge in [0.2, 0.25) is 0 Å². The van der Waals surface area contributed by atoms with Crippen molar-refractivity contribution in [2.75, 3.05) is 0 Å². The smallest absolute Gasteiger partial charge is 0.190 e. The zero-order valence-electron chi connectivity index (χ0n) is 22.6. The van der Waals surface area contributed by atoms with Gasteiger partial charge in [0.1, 0.15) is 0 Å². The summed E-state index contributed by atoms with van der Waals surface area (Å²) < 4.78 is 42.6. The zero-order valence-corrected chi connectivity index (χ0v) is 24.2. The van der Waals surface area contributed by atoms with Crippen LogP contribution in [0.1, 0.15) is 13.8 Å². The average molecular weight is 577 g/mol. The van der Waals surface area contributed by atoms with E-state index in [-0.39, 0.29) is 11.0 Å². The van der Waals surface area contributed by atoms with Gasteiger partial charge in [0.05, 0.1) is 15.9 Å². The van der Waals surface area contributed by atoms with Crippen molar-refractivity contribution in [1.29, 1.82) is 0 Å². The minimum absolute atomic E-state index is 0.257. The van der Waals surface area contributed by atoms with Crippen LogP contribution in [0.15, 0.2) is 131 Å². The third-order valence-electron chi connectivity index (χ3n) is 7.07. The standard InChI is InChI=1S/C35H28O4S2/c1-23(2)39-41(38)33-20-16-29-22-27(25-11-7-4-8-12-25)14-18-31(29)35(33)34-30-17-13-26(24-9-5-3-6-10-24)21-28(30)15-19-32(34)40(36)37/h3-23H,1-2H3,(H,36,37). The Balaban J connectivity index is 1.66. The molecule has 41 heavy (non-hydrogen) atoms. The lowest BCUT2D eigenvalue weighted by molar-refractivity contribution is 0.270. The van der Waals surface area contributed by atoms with E-state index in [0.29, 0.717) is 16.0 Å². The van der Waals surface area contributed by atoms with E-state index in [1.54, 1.807) is 6.07 Å². The quantitative estimate of drug-likeness (QED) is 0.193. The van der Waals surface area contributed by atoms with Crippen LogP contribution in [0.5, 0.6) is 0 Å². The van der Waals surface area contributed by atoms with E-state index in [0.717, 1.165) is 43.8 Å². The predicted molar refractivity (Wildman–Crippen MR) is 169 cm³/mol. The zero-order chi connectivity index (χ0) is 28.5. The monoisotopic (exact) mass is 576 g/mol. The molecule has 0 saturated heterocycles. The normalized spacial score (nSPS) is 13.1. The lowest BCUT2D eigenvalue weighted by atomic mass is 9.91. The van der Waals surface area contributed by atoms with Crippen LogP contribution in [0.2, 0.25) is 0 Å². The molecule has 6 heteroatoms. The van der Waals surface area contributed by atoms with Gasteiger partial charge in [0, 0.05) is 11.1 Å². The van der Waals surface area contributed by atoms with Crippen molar-refractivity contribution < 1.29 is 17.2 Å². The Bertz CT molecular complexity index is 1930. The molecule has 2 unspecified atom stereocenters. The first-order chi connectivity index (χ1) is 19.9. The molecule has 0 aliphatic heterocycles. The van der Waals surface area contributed by atoms with E-state index in [4.69, 9.17) is 4.18 Å². The minimum atomic E-state index is -2.29. The summed E-state index contributed by atoms with van der Waals surface area (Å²) in [5, 5.41) is 3.47. The van der Waals surface area contributed by atoms with Crippen LogP contribution in [-0.4, -0.2) is 19.1 Å². The minimum Gasteiger partial charge on any atom is -0.302 e. The summed E-state index contributed by atoms with van der Waals surface area (Å²) >= 11 is -4.09. The third kappa shape index (κ3) is 5.39. The lowest BCUT2D eigenvalue weighted by Crippen LogP contribution is -2.08. The fourth-order valence-electron chi connectivity index (χ4n) is 5.27. The average Bonchev–Trinajstić information content (AvgIpc) is 2.99. The number of benzene rings is 6. The highest BCUT2D eigenvalue weighted by Gasteiger charge is 2.23. The molecule has 1 N–H and O–H groups in total. The van der Waals surface area contributed by atoms with E-state index in [2.05, 4.69) is 36.4 Å². The Morgan fingerprint density at radius 1 is 0.561 bits per heavy atom. The molecule has 0 aromatic heterocycles. The molecule has 0 bridgehead atoms. The second-order valence-electron chi connectivity index (χ2n) is 10.1. The highest BCUT2D eigenvalue weighted by atomic mass is 32.2. The van der Waals surface area contributed by atoms with E-state index < -0.39 is 22.2 Å². The van der Waals surface area contributed by atoms with E-state index in [1.807, 2.05) is 92.7 Å². The van der Waals surface area contributed by atoms with Gasteiger partial charge in [-0.1, -0.05) is 97.1 Å². The highest BCUT2D eigenvalue weighted by molar-refractivity contribution is 7.80. The van der Waals surface area contributed by atoms with Crippen LogP contribution >= 0.6 is 0 Å². The molecule has 0 heterocycles. The van der Waals surface area contributed by atoms with Crippen LogP contribution in [-0.2, 0) is 26.3 Å².